The summed E-state index contributed by atoms with van der Waals surface area (Å²) in [5.74, 6) is -0.0718. The van der Waals surface area contributed by atoms with Crippen molar-refractivity contribution in [1.82, 2.24) is 14.7 Å². The molecule has 9 heteroatoms. The van der Waals surface area contributed by atoms with Crippen molar-refractivity contribution in [2.75, 3.05) is 19.6 Å². The number of carboxylic acid groups (broad SMARTS) is 1. The smallest absolute Gasteiger partial charge is 0.306 e. The number of hydrogen-bond donors (Lipinski definition) is 1. The lowest BCUT2D eigenvalue weighted by molar-refractivity contribution is -0.143. The summed E-state index contributed by atoms with van der Waals surface area (Å²) in [6.45, 7) is 7.04. The number of halogens is 3. The van der Waals surface area contributed by atoms with Gasteiger partial charge in [0.1, 0.15) is 12.4 Å². The molecule has 2 aliphatic rings. The minimum atomic E-state index is -0.678. The van der Waals surface area contributed by atoms with E-state index in [2.05, 4.69) is 48.1 Å². The summed E-state index contributed by atoms with van der Waals surface area (Å²) in [4.78, 5) is 13.5. The van der Waals surface area contributed by atoms with Crippen LogP contribution in [-0.2, 0) is 17.8 Å². The van der Waals surface area contributed by atoms with E-state index >= 15 is 0 Å². The molecule has 1 aliphatic carbocycles. The molecular weight excluding hydrogens is 533 g/mol. The van der Waals surface area contributed by atoms with Crippen LogP contribution in [0.4, 0.5) is 0 Å². The first kappa shape index (κ1) is 27.8. The van der Waals surface area contributed by atoms with Gasteiger partial charge >= 0.3 is 5.97 Å². The molecule has 0 unspecified atom stereocenters. The fourth-order valence-electron chi connectivity index (χ4n) is 5.22. The van der Waals surface area contributed by atoms with Gasteiger partial charge in [0.05, 0.1) is 11.4 Å². The van der Waals surface area contributed by atoms with Crippen LogP contribution in [0, 0.1) is 5.92 Å². The molecule has 1 N–H and O–H groups in total. The van der Waals surface area contributed by atoms with Gasteiger partial charge in [0.2, 0.25) is 0 Å². The first-order valence-electron chi connectivity index (χ1n) is 12.6. The number of hydrogen-bond acceptors (Lipinski definition) is 4. The number of aromatic nitrogens is 2. The molecule has 1 saturated heterocycles. The van der Waals surface area contributed by atoms with Crippen molar-refractivity contribution < 1.29 is 14.6 Å². The fraction of sp³-hybridized carbons (Fsp3) is 0.429. The van der Waals surface area contributed by atoms with Crippen LogP contribution >= 0.6 is 35.6 Å². The first-order chi connectivity index (χ1) is 17.3. The second-order valence-electron chi connectivity index (χ2n) is 10.1. The summed E-state index contributed by atoms with van der Waals surface area (Å²) >= 11 is 13.2. The Balaban J connectivity index is 0.00000320. The van der Waals surface area contributed by atoms with Crippen LogP contribution in [0.25, 0.3) is 15.9 Å². The molecular formula is C28H32Cl3N3O3. The van der Waals surface area contributed by atoms with Crippen molar-refractivity contribution >= 4 is 57.5 Å². The Bertz CT molecular complexity index is 1330. The zero-order valence-electron chi connectivity index (χ0n) is 21.0. The van der Waals surface area contributed by atoms with Gasteiger partial charge in [0, 0.05) is 23.0 Å². The molecule has 0 spiro atoms. The zero-order valence-corrected chi connectivity index (χ0v) is 23.4. The van der Waals surface area contributed by atoms with E-state index < -0.39 is 5.97 Å². The summed E-state index contributed by atoms with van der Waals surface area (Å²) in [6.07, 6.45) is 3.23. The van der Waals surface area contributed by atoms with Gasteiger partial charge in [-0.2, -0.15) is 5.10 Å². The molecule has 1 fully saturated rings. The van der Waals surface area contributed by atoms with Crippen molar-refractivity contribution in [3.8, 4) is 5.75 Å². The summed E-state index contributed by atoms with van der Waals surface area (Å²) in [6, 6.07) is 12.5. The summed E-state index contributed by atoms with van der Waals surface area (Å²) < 4.78 is 8.07. The van der Waals surface area contributed by atoms with Crippen LogP contribution in [-0.4, -0.2) is 45.4 Å². The third-order valence-corrected chi connectivity index (χ3v) is 8.04. The first-order valence-corrected chi connectivity index (χ1v) is 13.3. The van der Waals surface area contributed by atoms with Crippen molar-refractivity contribution in [3.05, 3.63) is 63.8 Å². The maximum Gasteiger partial charge on any atom is 0.306 e. The Kier molecular flexibility index (Phi) is 8.74. The van der Waals surface area contributed by atoms with E-state index in [9.17, 15) is 9.90 Å². The molecule has 6 nitrogen and oxygen atoms in total. The van der Waals surface area contributed by atoms with Crippen molar-refractivity contribution in [3.63, 3.8) is 0 Å². The van der Waals surface area contributed by atoms with Gasteiger partial charge in [-0.05, 0) is 105 Å². The van der Waals surface area contributed by atoms with E-state index in [1.54, 1.807) is 0 Å². The van der Waals surface area contributed by atoms with Crippen LogP contribution < -0.4 is 4.74 Å². The van der Waals surface area contributed by atoms with E-state index in [4.69, 9.17) is 27.9 Å². The summed E-state index contributed by atoms with van der Waals surface area (Å²) in [5, 5.41) is 16.0. The number of fused-ring (bicyclic) bond motifs is 2. The van der Waals surface area contributed by atoms with Crippen LogP contribution in [0.2, 0.25) is 5.15 Å². The van der Waals surface area contributed by atoms with Gasteiger partial charge in [-0.15, -0.1) is 12.4 Å². The topological polar surface area (TPSA) is 67.6 Å². The van der Waals surface area contributed by atoms with Crippen molar-refractivity contribution in [2.45, 2.75) is 52.2 Å². The second-order valence-corrected chi connectivity index (χ2v) is 10.8. The fourth-order valence-corrected chi connectivity index (χ4v) is 5.80. The standard InChI is InChI=1S/C28H31Cl2N3O3.ClH/c1-17(2)33-25-8-3-18(13-24(25)27(30)31-33)16-36-22-6-7-23-20(14-22)4-5-21(26(23)29)15-32-11-9-19(10-12-32)28(34)35;/h3,6-8,13-14,17,19H,4-5,9-12,15-16H2,1-2H3,(H,34,35);1H. The highest BCUT2D eigenvalue weighted by molar-refractivity contribution is 6.49. The molecule has 0 amide bonds. The number of carboxylic acids is 1. The molecule has 0 saturated carbocycles. The molecule has 1 aliphatic heterocycles. The zero-order chi connectivity index (χ0) is 25.4. The van der Waals surface area contributed by atoms with E-state index in [1.165, 1.54) is 11.1 Å². The maximum atomic E-state index is 11.2. The highest BCUT2D eigenvalue weighted by atomic mass is 35.5. The lowest BCUT2D eigenvalue weighted by atomic mass is 9.90. The molecule has 37 heavy (non-hydrogen) atoms. The summed E-state index contributed by atoms with van der Waals surface area (Å²) in [7, 11) is 0. The van der Waals surface area contributed by atoms with Crippen LogP contribution in [0.3, 0.4) is 0 Å². The van der Waals surface area contributed by atoms with Crippen LogP contribution in [0.1, 0.15) is 55.8 Å². The number of ether oxygens (including phenoxy) is 1. The van der Waals surface area contributed by atoms with Crippen LogP contribution in [0.5, 0.6) is 5.75 Å². The Hall–Kier alpha value is -2.25. The number of aryl methyl sites for hydroxylation is 1. The molecule has 2 heterocycles. The minimum absolute atomic E-state index is 0. The van der Waals surface area contributed by atoms with Gasteiger partial charge < -0.3 is 9.84 Å². The number of piperidine rings is 1. The Morgan fingerprint density at radius 1 is 1.14 bits per heavy atom. The van der Waals surface area contributed by atoms with E-state index in [-0.39, 0.29) is 24.4 Å². The van der Waals surface area contributed by atoms with Gasteiger partial charge in [-0.25, -0.2) is 0 Å². The molecule has 2 aromatic carbocycles. The number of benzene rings is 2. The average molecular weight is 565 g/mol. The Morgan fingerprint density at radius 2 is 1.89 bits per heavy atom. The number of aliphatic carboxylic acids is 1. The minimum Gasteiger partial charge on any atom is -0.489 e. The number of likely N-dealkylation sites (tertiary alicyclic amines) is 1. The Labute approximate surface area is 233 Å². The van der Waals surface area contributed by atoms with Crippen molar-refractivity contribution in [1.29, 1.82) is 0 Å². The highest BCUT2D eigenvalue weighted by Gasteiger charge is 2.26. The predicted molar refractivity (Wildman–Crippen MR) is 151 cm³/mol. The molecule has 0 bridgehead atoms. The molecule has 0 radical (unpaired) electrons. The third kappa shape index (κ3) is 5.93. The molecule has 198 valence electrons. The average Bonchev–Trinajstić information content (AvgIpc) is 3.21. The van der Waals surface area contributed by atoms with E-state index in [1.807, 2.05) is 16.8 Å². The second kappa shape index (κ2) is 11.6. The normalized spacial score (nSPS) is 16.7. The van der Waals surface area contributed by atoms with E-state index in [0.717, 1.165) is 65.3 Å². The SMILES string of the molecule is CC(C)n1nc(Cl)c2cc(COc3ccc4c(c3)CCC(CN3CCC(C(=O)O)CC3)=C4Cl)ccc21.Cl. The van der Waals surface area contributed by atoms with Crippen LogP contribution in [0.15, 0.2) is 42.0 Å². The largest absolute Gasteiger partial charge is 0.489 e. The number of carbonyl (C=O) groups is 1. The van der Waals surface area contributed by atoms with Gasteiger partial charge in [-0.3, -0.25) is 14.4 Å². The predicted octanol–water partition coefficient (Wildman–Crippen LogP) is 6.96. The lowest BCUT2D eigenvalue weighted by Crippen LogP contribution is -2.37. The Morgan fingerprint density at radius 3 is 2.59 bits per heavy atom. The molecule has 1 aromatic heterocycles. The van der Waals surface area contributed by atoms with Gasteiger partial charge in [0.25, 0.3) is 0 Å². The monoisotopic (exact) mass is 563 g/mol. The summed E-state index contributed by atoms with van der Waals surface area (Å²) in [5.41, 5.74) is 5.56. The number of rotatable bonds is 7. The van der Waals surface area contributed by atoms with E-state index in [0.29, 0.717) is 24.6 Å². The third-order valence-electron chi connectivity index (χ3n) is 7.29. The van der Waals surface area contributed by atoms with Crippen molar-refractivity contribution in [2.24, 2.45) is 5.92 Å². The maximum absolute atomic E-state index is 11.2. The van der Waals surface area contributed by atoms with Gasteiger partial charge in [0.15, 0.2) is 5.15 Å². The lowest BCUT2D eigenvalue weighted by Gasteiger charge is -2.32. The number of nitrogens with zero attached hydrogens (tertiary/aromatic N) is 3. The quantitative estimate of drug-likeness (QED) is 0.336. The molecule has 5 rings (SSSR count). The highest BCUT2D eigenvalue weighted by Crippen LogP contribution is 2.37. The molecule has 0 atom stereocenters. The molecule has 3 aromatic rings. The van der Waals surface area contributed by atoms with Gasteiger partial charge in [-0.1, -0.05) is 29.3 Å².